The van der Waals surface area contributed by atoms with Gasteiger partial charge in [-0.3, -0.25) is 10.1 Å². The van der Waals surface area contributed by atoms with E-state index in [0.717, 1.165) is 19.4 Å². The fourth-order valence-corrected chi connectivity index (χ4v) is 3.78. The zero-order chi connectivity index (χ0) is 15.5. The van der Waals surface area contributed by atoms with Crippen molar-refractivity contribution < 1.29 is 13.3 Å². The second-order valence-electron chi connectivity index (χ2n) is 5.21. The number of hydrogen-bond donors (Lipinski definition) is 2. The van der Waals surface area contributed by atoms with Crippen molar-refractivity contribution >= 4 is 15.7 Å². The van der Waals surface area contributed by atoms with Crippen molar-refractivity contribution in [1.82, 2.24) is 10.0 Å². The van der Waals surface area contributed by atoms with Gasteiger partial charge in [0.1, 0.15) is 0 Å². The number of rotatable bonds is 6. The van der Waals surface area contributed by atoms with Gasteiger partial charge in [-0.1, -0.05) is 12.1 Å². The van der Waals surface area contributed by atoms with E-state index in [4.69, 9.17) is 0 Å². The van der Waals surface area contributed by atoms with E-state index in [-0.39, 0.29) is 24.0 Å². The minimum Gasteiger partial charge on any atom is -0.313 e. The first-order valence-electron chi connectivity index (χ1n) is 6.82. The maximum Gasteiger partial charge on any atom is 0.272 e. The van der Waals surface area contributed by atoms with Crippen LogP contribution in [0.3, 0.4) is 0 Å². The molecule has 116 valence electrons. The van der Waals surface area contributed by atoms with Crippen LogP contribution in [0.5, 0.6) is 0 Å². The largest absolute Gasteiger partial charge is 0.313 e. The Morgan fingerprint density at radius 3 is 2.86 bits per heavy atom. The Balaban J connectivity index is 2.02. The first kappa shape index (κ1) is 15.9. The molecule has 8 heteroatoms. The lowest BCUT2D eigenvalue weighted by Gasteiger charge is -2.12. The van der Waals surface area contributed by atoms with Crippen LogP contribution < -0.4 is 10.0 Å². The molecule has 1 fully saturated rings. The predicted molar refractivity (Wildman–Crippen MR) is 79.5 cm³/mol. The molecule has 1 saturated heterocycles. The van der Waals surface area contributed by atoms with Crippen LogP contribution in [-0.4, -0.2) is 31.7 Å². The van der Waals surface area contributed by atoms with Gasteiger partial charge in [-0.05, 0) is 31.9 Å². The number of nitrogens with one attached hydrogen (secondary N) is 2. The Hall–Kier alpha value is -1.51. The lowest BCUT2D eigenvalue weighted by molar-refractivity contribution is -0.385. The Labute approximate surface area is 123 Å². The summed E-state index contributed by atoms with van der Waals surface area (Å²) < 4.78 is 26.5. The molecule has 0 bridgehead atoms. The molecule has 2 rings (SSSR count). The normalized spacial score (nSPS) is 18.8. The van der Waals surface area contributed by atoms with Crippen molar-refractivity contribution in [3.63, 3.8) is 0 Å². The van der Waals surface area contributed by atoms with Crippen molar-refractivity contribution in [2.24, 2.45) is 0 Å². The third-order valence-electron chi connectivity index (χ3n) is 3.68. The predicted octanol–water partition coefficient (Wildman–Crippen LogP) is 1.07. The van der Waals surface area contributed by atoms with Gasteiger partial charge in [-0.15, -0.1) is 0 Å². The molecule has 7 nitrogen and oxygen atoms in total. The number of nitro groups is 1. The van der Waals surface area contributed by atoms with Gasteiger partial charge in [0, 0.05) is 24.2 Å². The van der Waals surface area contributed by atoms with E-state index >= 15 is 0 Å². The number of hydrogen-bond acceptors (Lipinski definition) is 5. The van der Waals surface area contributed by atoms with E-state index in [1.165, 1.54) is 6.07 Å². The van der Waals surface area contributed by atoms with E-state index < -0.39 is 14.9 Å². The molecule has 1 heterocycles. The summed E-state index contributed by atoms with van der Waals surface area (Å²) in [5.74, 6) is 0.0426. The molecule has 1 unspecified atom stereocenters. The molecule has 0 aromatic heterocycles. The van der Waals surface area contributed by atoms with E-state index in [1.807, 2.05) is 0 Å². The van der Waals surface area contributed by atoms with Gasteiger partial charge < -0.3 is 5.32 Å². The zero-order valence-electron chi connectivity index (χ0n) is 11.8. The molecule has 0 aliphatic carbocycles. The average Bonchev–Trinajstić information content (AvgIpc) is 2.89. The first-order chi connectivity index (χ1) is 9.89. The minimum atomic E-state index is -3.40. The number of benzene rings is 1. The average molecular weight is 313 g/mol. The van der Waals surface area contributed by atoms with Gasteiger partial charge in [0.25, 0.3) is 5.69 Å². The van der Waals surface area contributed by atoms with Crippen LogP contribution in [0.25, 0.3) is 0 Å². The van der Waals surface area contributed by atoms with Crippen LogP contribution in [0.1, 0.15) is 24.0 Å². The van der Waals surface area contributed by atoms with Crippen molar-refractivity contribution in [2.75, 3.05) is 12.3 Å². The van der Waals surface area contributed by atoms with Gasteiger partial charge in [0.05, 0.1) is 10.7 Å². The molecule has 1 atom stereocenters. The zero-order valence-corrected chi connectivity index (χ0v) is 12.6. The molecule has 1 aliphatic rings. The van der Waals surface area contributed by atoms with E-state index in [0.29, 0.717) is 11.1 Å². The summed E-state index contributed by atoms with van der Waals surface area (Å²) in [6, 6.07) is 4.66. The highest BCUT2D eigenvalue weighted by Crippen LogP contribution is 2.21. The summed E-state index contributed by atoms with van der Waals surface area (Å²) in [5, 5.41) is 14.0. The molecule has 1 aromatic rings. The summed E-state index contributed by atoms with van der Waals surface area (Å²) in [6.45, 7) is 2.55. The Bertz CT molecular complexity index is 624. The van der Waals surface area contributed by atoms with Gasteiger partial charge in [-0.25, -0.2) is 13.1 Å². The van der Waals surface area contributed by atoms with Crippen molar-refractivity contribution in [3.8, 4) is 0 Å². The van der Waals surface area contributed by atoms with Crippen molar-refractivity contribution in [3.05, 3.63) is 39.4 Å². The third kappa shape index (κ3) is 4.23. The molecule has 1 aromatic carbocycles. The van der Waals surface area contributed by atoms with Crippen molar-refractivity contribution in [2.45, 2.75) is 32.4 Å². The second kappa shape index (κ2) is 6.50. The van der Waals surface area contributed by atoms with E-state index in [1.54, 1.807) is 19.1 Å². The van der Waals surface area contributed by atoms with Crippen LogP contribution in [0.2, 0.25) is 0 Å². The lowest BCUT2D eigenvalue weighted by atomic mass is 10.1. The molecule has 0 radical (unpaired) electrons. The smallest absolute Gasteiger partial charge is 0.272 e. The fourth-order valence-electron chi connectivity index (χ4n) is 2.47. The number of nitro benzene ring substituents is 1. The summed E-state index contributed by atoms with van der Waals surface area (Å²) in [5.41, 5.74) is 1.11. The molecule has 1 aliphatic heterocycles. The number of sulfonamides is 1. The SMILES string of the molecule is Cc1c(CNS(=O)(=O)CC2CCCN2)cccc1[N+](=O)[O-]. The molecule has 2 N–H and O–H groups in total. The quantitative estimate of drug-likeness (QED) is 0.604. The highest BCUT2D eigenvalue weighted by molar-refractivity contribution is 7.89. The summed E-state index contributed by atoms with van der Waals surface area (Å²) in [7, 11) is -3.40. The Morgan fingerprint density at radius 2 is 2.24 bits per heavy atom. The van der Waals surface area contributed by atoms with Crippen LogP contribution >= 0.6 is 0 Å². The van der Waals surface area contributed by atoms with Crippen LogP contribution in [-0.2, 0) is 16.6 Å². The van der Waals surface area contributed by atoms with Crippen LogP contribution in [0, 0.1) is 17.0 Å². The summed E-state index contributed by atoms with van der Waals surface area (Å²) in [6.07, 6.45) is 1.85. The second-order valence-corrected chi connectivity index (χ2v) is 7.07. The first-order valence-corrected chi connectivity index (χ1v) is 8.48. The molecule has 0 amide bonds. The molecular weight excluding hydrogens is 294 g/mol. The highest BCUT2D eigenvalue weighted by atomic mass is 32.2. The monoisotopic (exact) mass is 313 g/mol. The molecule has 0 spiro atoms. The molecule has 0 saturated carbocycles. The fraction of sp³-hybridized carbons (Fsp3) is 0.538. The number of nitrogens with zero attached hydrogens (tertiary/aromatic N) is 1. The lowest BCUT2D eigenvalue weighted by Crippen LogP contribution is -2.36. The topological polar surface area (TPSA) is 101 Å². The van der Waals surface area contributed by atoms with Gasteiger partial charge in [0.15, 0.2) is 0 Å². The standard InChI is InChI=1S/C13H19N3O4S/c1-10-11(4-2-6-13(10)16(17)18)8-15-21(19,20)9-12-5-3-7-14-12/h2,4,6,12,14-15H,3,5,7-9H2,1H3. The van der Waals surface area contributed by atoms with Gasteiger partial charge >= 0.3 is 0 Å². The molecular formula is C13H19N3O4S. The van der Waals surface area contributed by atoms with Crippen LogP contribution in [0.15, 0.2) is 18.2 Å². The van der Waals surface area contributed by atoms with E-state index in [2.05, 4.69) is 10.0 Å². The Kier molecular flexibility index (Phi) is 4.92. The van der Waals surface area contributed by atoms with E-state index in [9.17, 15) is 18.5 Å². The summed E-state index contributed by atoms with van der Waals surface area (Å²) >= 11 is 0. The minimum absolute atomic E-state index is 0.00385. The maximum absolute atomic E-state index is 12.0. The van der Waals surface area contributed by atoms with Gasteiger partial charge in [0.2, 0.25) is 10.0 Å². The van der Waals surface area contributed by atoms with Gasteiger partial charge in [-0.2, -0.15) is 0 Å². The molecule has 21 heavy (non-hydrogen) atoms. The summed E-state index contributed by atoms with van der Waals surface area (Å²) in [4.78, 5) is 10.4. The van der Waals surface area contributed by atoms with Crippen molar-refractivity contribution in [1.29, 1.82) is 0 Å². The van der Waals surface area contributed by atoms with Crippen LogP contribution in [0.4, 0.5) is 5.69 Å². The third-order valence-corrected chi connectivity index (χ3v) is 5.10. The maximum atomic E-state index is 12.0. The Morgan fingerprint density at radius 1 is 1.48 bits per heavy atom. The highest BCUT2D eigenvalue weighted by Gasteiger charge is 2.22.